The highest BCUT2D eigenvalue weighted by molar-refractivity contribution is 7.92. The summed E-state index contributed by atoms with van der Waals surface area (Å²) in [5.74, 6) is -2.61. The maximum absolute atomic E-state index is 12.9. The molecule has 0 bridgehead atoms. The molecule has 0 aliphatic heterocycles. The van der Waals surface area contributed by atoms with E-state index in [1.54, 1.807) is 18.2 Å². The molecule has 1 fully saturated rings. The average Bonchev–Trinajstić information content (AvgIpc) is 3.45. The lowest BCUT2D eigenvalue weighted by molar-refractivity contribution is -0.141. The number of nitrogens with one attached hydrogen (secondary N) is 1. The van der Waals surface area contributed by atoms with Gasteiger partial charge in [-0.3, -0.25) is 14.4 Å². The lowest BCUT2D eigenvalue weighted by atomic mass is 10.2. The lowest BCUT2D eigenvalue weighted by Crippen LogP contribution is -2.53. The minimum atomic E-state index is -4.61. The van der Waals surface area contributed by atoms with Crippen molar-refractivity contribution in [3.8, 4) is 0 Å². The van der Waals surface area contributed by atoms with Crippen molar-refractivity contribution in [1.29, 1.82) is 0 Å². The van der Waals surface area contributed by atoms with Crippen molar-refractivity contribution in [2.45, 2.75) is 18.4 Å². The largest absolute Gasteiger partial charge is 0.469 e. The first-order valence-electron chi connectivity index (χ1n) is 9.75. The summed E-state index contributed by atoms with van der Waals surface area (Å²) in [4.78, 5) is 36.1. The molecule has 0 radical (unpaired) electrons. The third-order valence-electron chi connectivity index (χ3n) is 4.72. The van der Waals surface area contributed by atoms with Gasteiger partial charge in [-0.2, -0.15) is 12.7 Å². The Labute approximate surface area is 186 Å². The lowest BCUT2D eigenvalue weighted by Gasteiger charge is -2.23. The second-order valence-electron chi connectivity index (χ2n) is 7.01. The normalized spacial score (nSPS) is 19.6. The number of carbonyl (C=O) groups excluding carboxylic acids is 3. The summed E-state index contributed by atoms with van der Waals surface area (Å²) < 4.78 is 43.0. The number of amides is 2. The molecule has 11 nitrogen and oxygen atoms in total. The van der Waals surface area contributed by atoms with Gasteiger partial charge in [0.05, 0.1) is 39.0 Å². The smallest absolute Gasteiger partial charge is 0.332 e. The second-order valence-corrected chi connectivity index (χ2v) is 8.53. The van der Waals surface area contributed by atoms with Crippen LogP contribution in [0, 0.1) is 5.92 Å². The van der Waals surface area contributed by atoms with Crippen LogP contribution in [-0.4, -0.2) is 65.3 Å². The molecule has 3 N–H and O–H groups in total. The number of methoxy groups -OCH3 is 1. The van der Waals surface area contributed by atoms with Crippen molar-refractivity contribution in [3.63, 3.8) is 0 Å². The number of hydrogen-bond acceptors (Lipinski definition) is 9. The molecule has 0 aromatic heterocycles. The van der Waals surface area contributed by atoms with E-state index in [-0.39, 0.29) is 44.3 Å². The Balaban J connectivity index is 1.98. The van der Waals surface area contributed by atoms with Crippen LogP contribution in [0.15, 0.2) is 43.0 Å². The first-order valence-corrected chi connectivity index (χ1v) is 11.2. The molecular weight excluding hydrogens is 442 g/mol. The van der Waals surface area contributed by atoms with Crippen LogP contribution in [-0.2, 0) is 38.8 Å². The minimum Gasteiger partial charge on any atom is -0.469 e. The molecule has 1 aliphatic rings. The summed E-state index contributed by atoms with van der Waals surface area (Å²) in [5.41, 5.74) is 4.56. The van der Waals surface area contributed by atoms with Gasteiger partial charge in [0.25, 0.3) is 11.8 Å². The molecule has 1 saturated carbocycles. The Hall–Kier alpha value is -2.80. The average molecular weight is 470 g/mol. The van der Waals surface area contributed by atoms with Crippen molar-refractivity contribution < 1.29 is 37.0 Å². The molecule has 2 atom stereocenters. The van der Waals surface area contributed by atoms with E-state index in [2.05, 4.69) is 11.3 Å². The summed E-state index contributed by atoms with van der Waals surface area (Å²) in [6.07, 6.45) is 1.81. The van der Waals surface area contributed by atoms with Crippen LogP contribution >= 0.6 is 0 Å². The van der Waals surface area contributed by atoms with Crippen molar-refractivity contribution >= 4 is 33.7 Å². The van der Waals surface area contributed by atoms with Gasteiger partial charge in [-0.05, 0) is 18.6 Å². The summed E-state index contributed by atoms with van der Waals surface area (Å²) >= 11 is 0. The van der Waals surface area contributed by atoms with Crippen molar-refractivity contribution in [3.05, 3.63) is 43.0 Å². The standard InChI is InChI=1S/C20H27N3O8S/c1-3-15-13-20(15,21)19(26)22-32(27,28)23(16-7-5-4-6-8-16)17(24)14-31-12-11-30-10-9-18(25)29-2/h3-8,15H,1,9-14,21H2,2H3,(H,22,26)/t15-,20-/m1/s1. The monoisotopic (exact) mass is 469 g/mol. The molecule has 176 valence electrons. The predicted octanol–water partition coefficient (Wildman–Crippen LogP) is -0.120. The maximum atomic E-state index is 12.9. The van der Waals surface area contributed by atoms with E-state index in [0.717, 1.165) is 0 Å². The quantitative estimate of drug-likeness (QED) is 0.228. The Morgan fingerprint density at radius 2 is 1.88 bits per heavy atom. The molecule has 12 heteroatoms. The van der Waals surface area contributed by atoms with Gasteiger partial charge < -0.3 is 19.9 Å². The fourth-order valence-corrected chi connectivity index (χ4v) is 4.03. The van der Waals surface area contributed by atoms with Crippen LogP contribution in [0.2, 0.25) is 0 Å². The van der Waals surface area contributed by atoms with Gasteiger partial charge in [-0.25, -0.2) is 4.72 Å². The van der Waals surface area contributed by atoms with Gasteiger partial charge in [-0.15, -0.1) is 6.58 Å². The molecule has 1 aromatic carbocycles. The number of carbonyl (C=O) groups is 3. The molecule has 2 rings (SSSR count). The summed E-state index contributed by atoms with van der Waals surface area (Å²) in [6.45, 7) is 3.15. The third-order valence-corrected chi connectivity index (χ3v) is 6.06. The Bertz CT molecular complexity index is 937. The zero-order valence-electron chi connectivity index (χ0n) is 17.7. The number of benzene rings is 1. The first-order chi connectivity index (χ1) is 15.2. The van der Waals surface area contributed by atoms with E-state index < -0.39 is 40.1 Å². The fourth-order valence-electron chi connectivity index (χ4n) is 2.79. The van der Waals surface area contributed by atoms with E-state index in [9.17, 15) is 22.8 Å². The second kappa shape index (κ2) is 11.2. The van der Waals surface area contributed by atoms with Gasteiger partial charge in [0.1, 0.15) is 12.1 Å². The summed E-state index contributed by atoms with van der Waals surface area (Å²) in [6, 6.07) is 7.54. The highest BCUT2D eigenvalue weighted by atomic mass is 32.2. The first kappa shape index (κ1) is 25.5. The third kappa shape index (κ3) is 6.60. The number of anilines is 1. The predicted molar refractivity (Wildman–Crippen MR) is 114 cm³/mol. The minimum absolute atomic E-state index is 0.0190. The van der Waals surface area contributed by atoms with Gasteiger partial charge in [0, 0.05) is 5.92 Å². The van der Waals surface area contributed by atoms with Crippen molar-refractivity contribution in [1.82, 2.24) is 4.72 Å². The zero-order valence-corrected chi connectivity index (χ0v) is 18.5. The molecule has 0 spiro atoms. The maximum Gasteiger partial charge on any atom is 0.332 e. The summed E-state index contributed by atoms with van der Waals surface area (Å²) in [7, 11) is -3.34. The topological polar surface area (TPSA) is 154 Å². The van der Waals surface area contributed by atoms with Crippen LogP contribution in [0.25, 0.3) is 0 Å². The van der Waals surface area contributed by atoms with E-state index in [0.29, 0.717) is 4.31 Å². The van der Waals surface area contributed by atoms with Crippen LogP contribution in [0.4, 0.5) is 5.69 Å². The molecule has 1 aromatic rings. The SMILES string of the molecule is C=C[C@@H]1C[C@]1(N)C(=O)NS(=O)(=O)N(C(=O)COCCOCCC(=O)OC)c1ccccc1. The van der Waals surface area contributed by atoms with Gasteiger partial charge >= 0.3 is 16.2 Å². The molecule has 1 aliphatic carbocycles. The van der Waals surface area contributed by atoms with Gasteiger partial charge in [0.2, 0.25) is 0 Å². The van der Waals surface area contributed by atoms with Crippen LogP contribution in [0.1, 0.15) is 12.8 Å². The highest BCUT2D eigenvalue weighted by Crippen LogP contribution is 2.42. The molecule has 0 unspecified atom stereocenters. The molecule has 2 amide bonds. The highest BCUT2D eigenvalue weighted by Gasteiger charge is 2.56. The number of nitrogens with zero attached hydrogens (tertiary/aromatic N) is 1. The van der Waals surface area contributed by atoms with Gasteiger partial charge in [-0.1, -0.05) is 24.3 Å². The molecule has 0 saturated heterocycles. The van der Waals surface area contributed by atoms with Crippen molar-refractivity contribution in [2.24, 2.45) is 11.7 Å². The number of ether oxygens (including phenoxy) is 3. The van der Waals surface area contributed by atoms with Crippen molar-refractivity contribution in [2.75, 3.05) is 37.8 Å². The van der Waals surface area contributed by atoms with E-state index in [1.807, 2.05) is 4.72 Å². The summed E-state index contributed by atoms with van der Waals surface area (Å²) in [5, 5.41) is 0. The van der Waals surface area contributed by atoms with E-state index in [4.69, 9.17) is 15.2 Å². The Morgan fingerprint density at radius 1 is 1.22 bits per heavy atom. The Kier molecular flexibility index (Phi) is 8.89. The number of hydrogen-bond donors (Lipinski definition) is 2. The van der Waals surface area contributed by atoms with E-state index in [1.165, 1.54) is 25.3 Å². The Morgan fingerprint density at radius 3 is 2.47 bits per heavy atom. The molecule has 32 heavy (non-hydrogen) atoms. The number of rotatable bonds is 13. The van der Waals surface area contributed by atoms with E-state index >= 15 is 0 Å². The fraction of sp³-hybridized carbons (Fsp3) is 0.450. The van der Waals surface area contributed by atoms with Crippen LogP contribution in [0.5, 0.6) is 0 Å². The number of para-hydroxylation sites is 1. The van der Waals surface area contributed by atoms with Crippen LogP contribution < -0.4 is 14.8 Å². The van der Waals surface area contributed by atoms with Crippen LogP contribution in [0.3, 0.4) is 0 Å². The van der Waals surface area contributed by atoms with Gasteiger partial charge in [0.15, 0.2) is 0 Å². The molecular formula is C20H27N3O8S. The zero-order chi connectivity index (χ0) is 23.8. The number of esters is 1. The number of nitrogens with two attached hydrogens (primary N) is 1. The molecule has 0 heterocycles.